The molecule has 3 rings (SSSR count). The predicted molar refractivity (Wildman–Crippen MR) is 110 cm³/mol. The molecule has 0 radical (unpaired) electrons. The molecule has 1 aliphatic rings. The van der Waals surface area contributed by atoms with Crippen molar-refractivity contribution in [3.8, 4) is 0 Å². The first-order valence-corrected chi connectivity index (χ1v) is 9.25. The van der Waals surface area contributed by atoms with Crippen molar-refractivity contribution in [1.82, 2.24) is 14.9 Å². The number of para-hydroxylation sites is 1. The summed E-state index contributed by atoms with van der Waals surface area (Å²) in [4.78, 5) is 33.8. The lowest BCUT2D eigenvalue weighted by atomic mass is 9.99. The molecule has 1 aromatic heterocycles. The Morgan fingerprint density at radius 2 is 2.00 bits per heavy atom. The van der Waals surface area contributed by atoms with Crippen LogP contribution in [0.15, 0.2) is 35.1 Å². The number of anilines is 2. The zero-order chi connectivity index (χ0) is 20.3. The Morgan fingerprint density at radius 1 is 1.32 bits per heavy atom. The molecule has 0 bridgehead atoms. The van der Waals surface area contributed by atoms with Crippen molar-refractivity contribution >= 4 is 23.6 Å². The minimum atomic E-state index is -0.327. The van der Waals surface area contributed by atoms with Crippen molar-refractivity contribution in [2.24, 2.45) is 0 Å². The molecule has 0 unspecified atom stereocenters. The molecule has 0 spiro atoms. The van der Waals surface area contributed by atoms with Gasteiger partial charge >= 0.3 is 0 Å². The van der Waals surface area contributed by atoms with E-state index in [2.05, 4.69) is 20.6 Å². The Morgan fingerprint density at radius 3 is 2.61 bits per heavy atom. The summed E-state index contributed by atoms with van der Waals surface area (Å²) in [5.74, 6) is 0.987. The van der Waals surface area contributed by atoms with Crippen LogP contribution in [0, 0.1) is 5.41 Å². The number of hydrogen-bond donors (Lipinski definition) is 4. The molecule has 8 nitrogen and oxygen atoms in total. The lowest BCUT2D eigenvalue weighted by Crippen LogP contribution is -2.49. The Balaban J connectivity index is 1.62. The molecule has 4 N–H and O–H groups in total. The van der Waals surface area contributed by atoms with E-state index in [0.717, 1.165) is 11.9 Å². The molecule has 1 saturated heterocycles. The quantitative estimate of drug-likeness (QED) is 0.571. The second-order valence-corrected chi connectivity index (χ2v) is 8.04. The number of aromatic amines is 1. The van der Waals surface area contributed by atoms with Crippen molar-refractivity contribution in [1.29, 1.82) is 5.41 Å². The summed E-state index contributed by atoms with van der Waals surface area (Å²) in [6, 6.07) is 9.34. The third-order valence-corrected chi connectivity index (χ3v) is 4.38. The van der Waals surface area contributed by atoms with Crippen molar-refractivity contribution in [2.75, 3.05) is 30.3 Å². The minimum absolute atomic E-state index is 0.0533. The zero-order valence-corrected chi connectivity index (χ0v) is 16.4. The molecule has 1 amide bonds. The highest BCUT2D eigenvalue weighted by Gasteiger charge is 2.32. The second kappa shape index (κ2) is 7.93. The Labute approximate surface area is 163 Å². The fourth-order valence-corrected chi connectivity index (χ4v) is 3.07. The number of rotatable bonds is 6. The van der Waals surface area contributed by atoms with Gasteiger partial charge in [0.15, 0.2) is 0 Å². The lowest BCUT2D eigenvalue weighted by molar-refractivity contribution is -0.118. The van der Waals surface area contributed by atoms with Crippen LogP contribution in [0.25, 0.3) is 0 Å². The SMILES string of the molecule is CC(C)(C)Nc1nc(C2CN(CC(=O)Nc3ccccc3)C2)[nH]c(=O)c1C=N. The van der Waals surface area contributed by atoms with Gasteiger partial charge in [-0.25, -0.2) is 4.98 Å². The van der Waals surface area contributed by atoms with E-state index in [9.17, 15) is 9.59 Å². The Kier molecular flexibility index (Phi) is 5.60. The number of carbonyl (C=O) groups excluding carboxylic acids is 1. The van der Waals surface area contributed by atoms with Crippen LogP contribution in [0.5, 0.6) is 0 Å². The highest BCUT2D eigenvalue weighted by Crippen LogP contribution is 2.25. The Hall–Kier alpha value is -3.00. The molecule has 1 aliphatic heterocycles. The van der Waals surface area contributed by atoms with Crippen LogP contribution in [0.1, 0.15) is 38.1 Å². The number of benzene rings is 1. The maximum atomic E-state index is 12.3. The largest absolute Gasteiger partial charge is 0.365 e. The predicted octanol–water partition coefficient (Wildman–Crippen LogP) is 2.02. The van der Waals surface area contributed by atoms with E-state index in [1.807, 2.05) is 56.0 Å². The van der Waals surface area contributed by atoms with Gasteiger partial charge in [0.2, 0.25) is 5.91 Å². The van der Waals surface area contributed by atoms with E-state index >= 15 is 0 Å². The standard InChI is InChI=1S/C20H26N6O2/c1-20(2,3)25-18-15(9-21)19(28)24-17(23-18)13-10-26(11-13)12-16(27)22-14-7-5-4-6-8-14/h4-9,13,21H,10-12H2,1-3H3,(H,22,27)(H2,23,24,25,28). The van der Waals surface area contributed by atoms with Crippen LogP contribution < -0.4 is 16.2 Å². The summed E-state index contributed by atoms with van der Waals surface area (Å²) >= 11 is 0. The maximum Gasteiger partial charge on any atom is 0.261 e. The minimum Gasteiger partial charge on any atom is -0.365 e. The normalized spacial score (nSPS) is 15.0. The smallest absolute Gasteiger partial charge is 0.261 e. The number of amides is 1. The number of H-pyrrole nitrogens is 1. The summed E-state index contributed by atoms with van der Waals surface area (Å²) in [5, 5.41) is 13.6. The van der Waals surface area contributed by atoms with Gasteiger partial charge in [-0.3, -0.25) is 14.5 Å². The van der Waals surface area contributed by atoms with E-state index in [4.69, 9.17) is 5.41 Å². The first-order valence-electron chi connectivity index (χ1n) is 9.25. The van der Waals surface area contributed by atoms with E-state index in [0.29, 0.717) is 31.3 Å². The number of hydrogen-bond acceptors (Lipinski definition) is 6. The van der Waals surface area contributed by atoms with Gasteiger partial charge in [-0.1, -0.05) is 18.2 Å². The second-order valence-electron chi connectivity index (χ2n) is 8.04. The Bertz CT molecular complexity index is 911. The molecule has 1 aromatic carbocycles. The first-order chi connectivity index (χ1) is 13.2. The molecule has 2 heterocycles. The molecule has 0 saturated carbocycles. The molecule has 2 aromatic rings. The third kappa shape index (κ3) is 4.83. The fourth-order valence-electron chi connectivity index (χ4n) is 3.07. The highest BCUT2D eigenvalue weighted by atomic mass is 16.2. The maximum absolute atomic E-state index is 12.3. The topological polar surface area (TPSA) is 114 Å². The molecule has 0 aliphatic carbocycles. The van der Waals surface area contributed by atoms with Gasteiger partial charge in [0.05, 0.1) is 12.1 Å². The third-order valence-electron chi connectivity index (χ3n) is 4.38. The number of nitrogens with one attached hydrogen (secondary N) is 4. The fraction of sp³-hybridized carbons (Fsp3) is 0.400. The van der Waals surface area contributed by atoms with Gasteiger partial charge in [-0.15, -0.1) is 0 Å². The van der Waals surface area contributed by atoms with E-state index in [1.165, 1.54) is 0 Å². The van der Waals surface area contributed by atoms with E-state index in [-0.39, 0.29) is 28.5 Å². The van der Waals surface area contributed by atoms with Gasteiger partial charge in [0.25, 0.3) is 5.56 Å². The van der Waals surface area contributed by atoms with Crippen LogP contribution in [0.3, 0.4) is 0 Å². The summed E-state index contributed by atoms with van der Waals surface area (Å²) in [5.41, 5.74) is 0.386. The molecule has 8 heteroatoms. The number of aromatic nitrogens is 2. The van der Waals surface area contributed by atoms with Crippen molar-refractivity contribution in [2.45, 2.75) is 32.2 Å². The van der Waals surface area contributed by atoms with Crippen molar-refractivity contribution in [3.63, 3.8) is 0 Å². The van der Waals surface area contributed by atoms with Crippen molar-refractivity contribution < 1.29 is 4.79 Å². The zero-order valence-electron chi connectivity index (χ0n) is 16.4. The van der Waals surface area contributed by atoms with Gasteiger partial charge in [0.1, 0.15) is 11.6 Å². The van der Waals surface area contributed by atoms with Gasteiger partial charge in [-0.05, 0) is 32.9 Å². The van der Waals surface area contributed by atoms with Crippen LogP contribution in [-0.4, -0.2) is 52.2 Å². The summed E-state index contributed by atoms with van der Waals surface area (Å²) in [6.07, 6.45) is 1.02. The van der Waals surface area contributed by atoms with Crippen LogP contribution in [0.2, 0.25) is 0 Å². The molecule has 0 atom stereocenters. The van der Waals surface area contributed by atoms with Gasteiger partial charge in [0, 0.05) is 36.4 Å². The average Bonchev–Trinajstić information content (AvgIpc) is 2.57. The number of carbonyl (C=O) groups is 1. The molecular weight excluding hydrogens is 356 g/mol. The summed E-state index contributed by atoms with van der Waals surface area (Å²) in [7, 11) is 0. The lowest BCUT2D eigenvalue weighted by Gasteiger charge is -2.38. The van der Waals surface area contributed by atoms with Crippen LogP contribution in [-0.2, 0) is 4.79 Å². The monoisotopic (exact) mass is 382 g/mol. The van der Waals surface area contributed by atoms with E-state index < -0.39 is 0 Å². The van der Waals surface area contributed by atoms with E-state index in [1.54, 1.807) is 0 Å². The van der Waals surface area contributed by atoms with Crippen LogP contribution >= 0.6 is 0 Å². The highest BCUT2D eigenvalue weighted by molar-refractivity contribution is 5.92. The summed E-state index contributed by atoms with van der Waals surface area (Å²) < 4.78 is 0. The van der Waals surface area contributed by atoms with Gasteiger partial charge < -0.3 is 21.0 Å². The molecule has 148 valence electrons. The molecule has 28 heavy (non-hydrogen) atoms. The molecule has 1 fully saturated rings. The van der Waals surface area contributed by atoms with Crippen molar-refractivity contribution in [3.05, 3.63) is 52.1 Å². The number of nitrogens with zero attached hydrogens (tertiary/aromatic N) is 2. The summed E-state index contributed by atoms with van der Waals surface area (Å²) in [6.45, 7) is 7.49. The number of likely N-dealkylation sites (tertiary alicyclic amines) is 1. The molecular formula is C20H26N6O2. The van der Waals surface area contributed by atoms with Gasteiger partial charge in [-0.2, -0.15) is 0 Å². The first kappa shape index (κ1) is 19.8. The van der Waals surface area contributed by atoms with Crippen LogP contribution in [0.4, 0.5) is 11.5 Å². The average molecular weight is 382 g/mol.